The molecule has 1 amide bonds. The summed E-state index contributed by atoms with van der Waals surface area (Å²) in [5, 5.41) is 1.18. The summed E-state index contributed by atoms with van der Waals surface area (Å²) in [6.45, 7) is 6.94. The second-order valence-corrected chi connectivity index (χ2v) is 9.04. The van der Waals surface area contributed by atoms with Crippen LogP contribution < -0.4 is 0 Å². The summed E-state index contributed by atoms with van der Waals surface area (Å²) in [5.74, 6) is 0.276. The quantitative estimate of drug-likeness (QED) is 0.786. The van der Waals surface area contributed by atoms with Crippen molar-refractivity contribution in [2.75, 3.05) is 13.6 Å². The van der Waals surface area contributed by atoms with Crippen molar-refractivity contribution in [1.29, 1.82) is 0 Å². The molecule has 0 spiro atoms. The Labute approximate surface area is 172 Å². The average Bonchev–Trinajstić information content (AvgIpc) is 3.07. The number of nitrogens with zero attached hydrogens (tertiary/aromatic N) is 3. The summed E-state index contributed by atoms with van der Waals surface area (Å²) in [6.07, 6.45) is 6.72. The molecule has 5 heteroatoms. The van der Waals surface area contributed by atoms with Crippen LogP contribution >= 0.6 is 0 Å². The van der Waals surface area contributed by atoms with Gasteiger partial charge in [0, 0.05) is 42.7 Å². The van der Waals surface area contributed by atoms with Crippen molar-refractivity contribution in [3.05, 3.63) is 41.6 Å². The second kappa shape index (κ2) is 6.56. The van der Waals surface area contributed by atoms with E-state index >= 15 is 0 Å². The molecule has 2 aromatic rings. The molecule has 3 aliphatic rings. The van der Waals surface area contributed by atoms with E-state index in [0.29, 0.717) is 18.5 Å². The lowest BCUT2D eigenvalue weighted by atomic mass is 9.79. The van der Waals surface area contributed by atoms with Gasteiger partial charge in [0.15, 0.2) is 0 Å². The highest BCUT2D eigenvalue weighted by molar-refractivity contribution is 6.03. The molecule has 5 rings (SSSR count). The minimum absolute atomic E-state index is 0.104. The summed E-state index contributed by atoms with van der Waals surface area (Å²) in [6, 6.07) is 7.17. The largest absolute Gasteiger partial charge is 0.337 e. The van der Waals surface area contributed by atoms with Gasteiger partial charge in [-0.05, 0) is 56.5 Å². The Bertz CT molecular complexity index is 1040. The fourth-order valence-electron chi connectivity index (χ4n) is 5.73. The molecule has 0 radical (unpaired) electrons. The van der Waals surface area contributed by atoms with Gasteiger partial charge in [0.2, 0.25) is 11.8 Å². The molecule has 2 unspecified atom stereocenters. The zero-order valence-corrected chi connectivity index (χ0v) is 17.7. The van der Waals surface area contributed by atoms with E-state index < -0.39 is 0 Å². The van der Waals surface area contributed by atoms with E-state index in [1.165, 1.54) is 22.1 Å². The van der Waals surface area contributed by atoms with Crippen LogP contribution in [0.15, 0.2) is 30.5 Å². The number of rotatable bonds is 2. The number of fused-ring (bicyclic) bond motifs is 2. The Hall–Kier alpha value is -2.40. The molecule has 1 aromatic carbocycles. The Morgan fingerprint density at radius 3 is 2.62 bits per heavy atom. The lowest BCUT2D eigenvalue weighted by Gasteiger charge is -2.48. The van der Waals surface area contributed by atoms with Gasteiger partial charge in [-0.3, -0.25) is 19.1 Å². The highest BCUT2D eigenvalue weighted by Gasteiger charge is 2.42. The molecule has 29 heavy (non-hydrogen) atoms. The monoisotopic (exact) mass is 391 g/mol. The van der Waals surface area contributed by atoms with Crippen molar-refractivity contribution < 1.29 is 9.59 Å². The van der Waals surface area contributed by atoms with Crippen LogP contribution in [-0.4, -0.2) is 57.9 Å². The molecule has 0 N–H and O–H groups in total. The standard InChI is InChI=1S/C24H29N3O2/c1-5-22(28)26-13-16-11-21-19(18-7-6-8-20(26)23(16)18)10-17(12-25(21)4)24(29)27-14(2)9-15(27)3/h6-8,10,13-15,17,21H,5,9,11-12H2,1-4H3/t14?,15?,17-,21-/m1/s1. The summed E-state index contributed by atoms with van der Waals surface area (Å²) in [4.78, 5) is 30.1. The molecule has 1 aromatic heterocycles. The summed E-state index contributed by atoms with van der Waals surface area (Å²) < 4.78 is 1.82. The molecule has 1 fully saturated rings. The van der Waals surface area contributed by atoms with Gasteiger partial charge in [0.05, 0.1) is 11.4 Å². The number of carbonyl (C=O) groups excluding carboxylic acids is 2. The molecule has 152 valence electrons. The third-order valence-corrected chi connectivity index (χ3v) is 7.16. The average molecular weight is 392 g/mol. The maximum absolute atomic E-state index is 13.2. The predicted molar refractivity (Wildman–Crippen MR) is 115 cm³/mol. The van der Waals surface area contributed by atoms with Gasteiger partial charge in [-0.1, -0.05) is 25.1 Å². The van der Waals surface area contributed by atoms with Gasteiger partial charge in [0.25, 0.3) is 0 Å². The number of aromatic nitrogens is 1. The molecular formula is C24H29N3O2. The molecule has 5 nitrogen and oxygen atoms in total. The van der Waals surface area contributed by atoms with Gasteiger partial charge >= 0.3 is 0 Å². The van der Waals surface area contributed by atoms with Crippen LogP contribution in [0.4, 0.5) is 0 Å². The maximum Gasteiger partial charge on any atom is 0.231 e. The molecule has 0 saturated carbocycles. The topological polar surface area (TPSA) is 45.6 Å². The second-order valence-electron chi connectivity index (χ2n) is 9.04. The molecule has 2 aliphatic heterocycles. The molecule has 4 atom stereocenters. The lowest BCUT2D eigenvalue weighted by Crippen LogP contribution is -2.59. The number of likely N-dealkylation sites (tertiary alicyclic amines) is 1. The van der Waals surface area contributed by atoms with Crippen molar-refractivity contribution >= 4 is 28.3 Å². The first-order valence-electron chi connectivity index (χ1n) is 10.8. The Morgan fingerprint density at radius 2 is 1.93 bits per heavy atom. The van der Waals surface area contributed by atoms with Gasteiger partial charge in [0.1, 0.15) is 0 Å². The molecular weight excluding hydrogens is 362 g/mol. The number of likely N-dealkylation sites (N-methyl/N-ethyl adjacent to an activating group) is 1. The van der Waals surface area contributed by atoms with Crippen molar-refractivity contribution in [2.24, 2.45) is 5.92 Å². The lowest BCUT2D eigenvalue weighted by molar-refractivity contribution is -0.146. The summed E-state index contributed by atoms with van der Waals surface area (Å²) in [7, 11) is 2.13. The van der Waals surface area contributed by atoms with E-state index in [1.54, 1.807) is 0 Å². The number of hydrogen-bond donors (Lipinski definition) is 0. The fourth-order valence-corrected chi connectivity index (χ4v) is 5.73. The number of amides is 1. The Morgan fingerprint density at radius 1 is 1.17 bits per heavy atom. The zero-order valence-electron chi connectivity index (χ0n) is 17.7. The van der Waals surface area contributed by atoms with Crippen LogP contribution in [0.2, 0.25) is 0 Å². The van der Waals surface area contributed by atoms with E-state index in [0.717, 1.165) is 24.9 Å². The minimum Gasteiger partial charge on any atom is -0.337 e. The van der Waals surface area contributed by atoms with Crippen molar-refractivity contribution in [2.45, 2.75) is 58.2 Å². The zero-order chi connectivity index (χ0) is 20.4. The predicted octanol–water partition coefficient (Wildman–Crippen LogP) is 3.57. The van der Waals surface area contributed by atoms with Crippen molar-refractivity contribution in [1.82, 2.24) is 14.4 Å². The molecule has 0 bridgehead atoms. The number of carbonyl (C=O) groups is 2. The molecule has 1 aliphatic carbocycles. The fraction of sp³-hybridized carbons (Fsp3) is 0.500. The summed E-state index contributed by atoms with van der Waals surface area (Å²) >= 11 is 0. The SMILES string of the molecule is CCC(=O)n1cc2c3c(cccc31)C1=C[C@@H](C(=O)N3C(C)CC3C)CN(C)[C@@H]1C2. The van der Waals surface area contributed by atoms with Gasteiger partial charge in [-0.2, -0.15) is 0 Å². The summed E-state index contributed by atoms with van der Waals surface area (Å²) in [5.41, 5.74) is 4.66. The van der Waals surface area contributed by atoms with Gasteiger partial charge in [-0.15, -0.1) is 0 Å². The molecule has 1 saturated heterocycles. The van der Waals surface area contributed by atoms with Gasteiger partial charge < -0.3 is 4.90 Å². The molecule has 3 heterocycles. The van der Waals surface area contributed by atoms with Crippen LogP contribution in [0.5, 0.6) is 0 Å². The van der Waals surface area contributed by atoms with Crippen LogP contribution in [0.25, 0.3) is 16.5 Å². The Kier molecular flexibility index (Phi) is 4.21. The Balaban J connectivity index is 1.60. The van der Waals surface area contributed by atoms with Crippen molar-refractivity contribution in [3.63, 3.8) is 0 Å². The highest BCUT2D eigenvalue weighted by Crippen LogP contribution is 2.42. The van der Waals surface area contributed by atoms with E-state index in [1.807, 2.05) is 29.8 Å². The smallest absolute Gasteiger partial charge is 0.231 e. The van der Waals surface area contributed by atoms with E-state index in [2.05, 4.69) is 42.8 Å². The first kappa shape index (κ1) is 18.6. The highest BCUT2D eigenvalue weighted by atomic mass is 16.2. The van der Waals surface area contributed by atoms with E-state index in [-0.39, 0.29) is 23.8 Å². The van der Waals surface area contributed by atoms with Gasteiger partial charge in [-0.25, -0.2) is 0 Å². The minimum atomic E-state index is -0.104. The first-order valence-corrected chi connectivity index (χ1v) is 10.8. The maximum atomic E-state index is 13.2. The number of benzene rings is 1. The van der Waals surface area contributed by atoms with Crippen LogP contribution in [0, 0.1) is 5.92 Å². The number of hydrogen-bond acceptors (Lipinski definition) is 3. The van der Waals surface area contributed by atoms with Crippen LogP contribution in [0.3, 0.4) is 0 Å². The van der Waals surface area contributed by atoms with Crippen LogP contribution in [0.1, 0.15) is 49.5 Å². The van der Waals surface area contributed by atoms with Crippen LogP contribution in [-0.2, 0) is 11.2 Å². The third-order valence-electron chi connectivity index (χ3n) is 7.16. The van der Waals surface area contributed by atoms with Crippen molar-refractivity contribution in [3.8, 4) is 0 Å². The van der Waals surface area contributed by atoms with E-state index in [9.17, 15) is 9.59 Å². The first-order chi connectivity index (χ1) is 13.9. The van der Waals surface area contributed by atoms with E-state index in [4.69, 9.17) is 0 Å². The third kappa shape index (κ3) is 2.63. The normalized spacial score (nSPS) is 28.7.